The summed E-state index contributed by atoms with van der Waals surface area (Å²) in [5.74, 6) is 1.25. The van der Waals surface area contributed by atoms with Gasteiger partial charge in [-0.25, -0.2) is 0 Å². The van der Waals surface area contributed by atoms with Gasteiger partial charge in [0.15, 0.2) is 5.11 Å². The van der Waals surface area contributed by atoms with E-state index in [2.05, 4.69) is 34.9 Å². The van der Waals surface area contributed by atoms with Crippen LogP contribution in [0, 0.1) is 11.8 Å². The first-order valence-corrected chi connectivity index (χ1v) is 11.7. The Hall–Kier alpha value is -2.95. The van der Waals surface area contributed by atoms with Gasteiger partial charge in [-0.2, -0.15) is 0 Å². The first-order chi connectivity index (χ1) is 15.6. The van der Waals surface area contributed by atoms with E-state index in [-0.39, 0.29) is 0 Å². The lowest BCUT2D eigenvalue weighted by atomic mass is 9.80. The molecule has 0 spiro atoms. The Morgan fingerprint density at radius 3 is 2.25 bits per heavy atom. The summed E-state index contributed by atoms with van der Waals surface area (Å²) in [7, 11) is 0. The van der Waals surface area contributed by atoms with Gasteiger partial charge in [-0.3, -0.25) is 0 Å². The van der Waals surface area contributed by atoms with E-state index in [4.69, 9.17) is 12.2 Å². The van der Waals surface area contributed by atoms with Crippen LogP contribution in [0.2, 0.25) is 0 Å². The highest BCUT2D eigenvalue weighted by molar-refractivity contribution is 7.80. The lowest BCUT2D eigenvalue weighted by Crippen LogP contribution is -2.40. The van der Waals surface area contributed by atoms with Crippen molar-refractivity contribution in [3.8, 4) is 0 Å². The molecule has 1 fully saturated rings. The molecule has 2 aliphatic carbocycles. The van der Waals surface area contributed by atoms with Crippen LogP contribution in [0.15, 0.2) is 97.1 Å². The summed E-state index contributed by atoms with van der Waals surface area (Å²) in [6.45, 7) is 0. The fourth-order valence-electron chi connectivity index (χ4n) is 5.18. The third kappa shape index (κ3) is 4.21. The van der Waals surface area contributed by atoms with Crippen molar-refractivity contribution in [1.82, 2.24) is 5.32 Å². The molecule has 3 N–H and O–H groups in total. The minimum Gasteiger partial charge on any atom is -0.380 e. The van der Waals surface area contributed by atoms with Gasteiger partial charge >= 0.3 is 0 Å². The fourth-order valence-corrected chi connectivity index (χ4v) is 5.45. The highest BCUT2D eigenvalue weighted by atomic mass is 32.1. The fraction of sp³-hybridized carbons (Fsp3) is 0.250. The Morgan fingerprint density at radius 1 is 0.875 bits per heavy atom. The van der Waals surface area contributed by atoms with Crippen molar-refractivity contribution in [2.24, 2.45) is 11.8 Å². The van der Waals surface area contributed by atoms with Crippen molar-refractivity contribution in [2.75, 3.05) is 5.32 Å². The molecule has 0 heterocycles. The molecular formula is C28H28N2OS. The SMILES string of the molecule is O[C@@](Cc1ccccc1)(c1ccccc1)c1ccccc1NC(=S)N[C@H]1C[C@H]2C=C[C@H]1C2. The molecule has 2 aliphatic rings. The molecule has 4 heteroatoms. The number of nitrogens with one attached hydrogen (secondary N) is 2. The second kappa shape index (κ2) is 8.89. The molecule has 3 aromatic rings. The molecule has 32 heavy (non-hydrogen) atoms. The van der Waals surface area contributed by atoms with Crippen molar-refractivity contribution < 1.29 is 5.11 Å². The Labute approximate surface area is 195 Å². The van der Waals surface area contributed by atoms with E-state index in [1.54, 1.807) is 0 Å². The molecule has 0 radical (unpaired) electrons. The van der Waals surface area contributed by atoms with E-state index in [9.17, 15) is 5.11 Å². The topological polar surface area (TPSA) is 44.3 Å². The summed E-state index contributed by atoms with van der Waals surface area (Å²) in [4.78, 5) is 0. The number of fused-ring (bicyclic) bond motifs is 2. The third-order valence-corrected chi connectivity index (χ3v) is 6.99. The van der Waals surface area contributed by atoms with Crippen molar-refractivity contribution in [3.63, 3.8) is 0 Å². The third-order valence-electron chi connectivity index (χ3n) is 6.77. The molecule has 3 aromatic carbocycles. The van der Waals surface area contributed by atoms with Gasteiger partial charge in [0.1, 0.15) is 5.60 Å². The summed E-state index contributed by atoms with van der Waals surface area (Å²) in [6.07, 6.45) is 7.47. The zero-order chi connectivity index (χ0) is 22.0. The van der Waals surface area contributed by atoms with E-state index in [1.165, 1.54) is 6.42 Å². The van der Waals surface area contributed by atoms with Gasteiger partial charge in [0.05, 0.1) is 0 Å². The largest absolute Gasteiger partial charge is 0.380 e. The van der Waals surface area contributed by atoms with E-state index < -0.39 is 5.60 Å². The van der Waals surface area contributed by atoms with Gasteiger partial charge in [-0.05, 0) is 54.1 Å². The predicted octanol–water partition coefficient (Wildman–Crippen LogP) is 5.42. The van der Waals surface area contributed by atoms with Crippen LogP contribution in [0.5, 0.6) is 0 Å². The highest BCUT2D eigenvalue weighted by Gasteiger charge is 2.37. The molecule has 0 amide bonds. The van der Waals surface area contributed by atoms with Crippen molar-refractivity contribution >= 4 is 23.0 Å². The number of rotatable bonds is 6. The molecule has 3 nitrogen and oxygen atoms in total. The normalized spacial score (nSPS) is 23.0. The Kier molecular flexibility index (Phi) is 5.81. The molecule has 0 saturated heterocycles. The first kappa shape index (κ1) is 20.9. The number of allylic oxidation sites excluding steroid dienone is 1. The van der Waals surface area contributed by atoms with Crippen LogP contribution in [0.3, 0.4) is 0 Å². The van der Waals surface area contributed by atoms with Gasteiger partial charge in [0.2, 0.25) is 0 Å². The zero-order valence-corrected chi connectivity index (χ0v) is 18.8. The second-order valence-electron chi connectivity index (χ2n) is 8.92. The van der Waals surface area contributed by atoms with E-state index in [0.29, 0.717) is 29.4 Å². The quantitative estimate of drug-likeness (QED) is 0.354. The highest BCUT2D eigenvalue weighted by Crippen LogP contribution is 2.40. The smallest absolute Gasteiger partial charge is 0.171 e. The minimum absolute atomic E-state index is 0.384. The van der Waals surface area contributed by atoms with Gasteiger partial charge in [0.25, 0.3) is 0 Å². The molecule has 0 aromatic heterocycles. The number of hydrogen-bond acceptors (Lipinski definition) is 2. The van der Waals surface area contributed by atoms with E-state index in [1.807, 2.05) is 72.8 Å². The molecule has 0 unspecified atom stereocenters. The van der Waals surface area contributed by atoms with Crippen molar-refractivity contribution in [3.05, 3.63) is 114 Å². The number of aliphatic hydroxyl groups is 1. The summed E-state index contributed by atoms with van der Waals surface area (Å²) < 4.78 is 0. The number of hydrogen-bond donors (Lipinski definition) is 3. The van der Waals surface area contributed by atoms with E-state index in [0.717, 1.165) is 28.8 Å². The van der Waals surface area contributed by atoms with Crippen LogP contribution in [-0.2, 0) is 12.0 Å². The van der Waals surface area contributed by atoms with Crippen molar-refractivity contribution in [2.45, 2.75) is 30.9 Å². The van der Waals surface area contributed by atoms with Gasteiger partial charge in [-0.15, -0.1) is 0 Å². The average molecular weight is 441 g/mol. The molecule has 162 valence electrons. The maximum atomic E-state index is 12.2. The predicted molar refractivity (Wildman–Crippen MR) is 135 cm³/mol. The average Bonchev–Trinajstić information content (AvgIpc) is 3.44. The van der Waals surface area contributed by atoms with Crippen LogP contribution in [0.1, 0.15) is 29.5 Å². The summed E-state index contributed by atoms with van der Waals surface area (Å²) in [6, 6.07) is 28.3. The minimum atomic E-state index is -1.20. The van der Waals surface area contributed by atoms with Crippen LogP contribution in [-0.4, -0.2) is 16.3 Å². The van der Waals surface area contributed by atoms with Crippen LogP contribution in [0.4, 0.5) is 5.69 Å². The van der Waals surface area contributed by atoms with Crippen LogP contribution in [0.25, 0.3) is 0 Å². The van der Waals surface area contributed by atoms with Crippen LogP contribution < -0.4 is 10.6 Å². The molecule has 1 saturated carbocycles. The van der Waals surface area contributed by atoms with Crippen LogP contribution >= 0.6 is 12.2 Å². The number of benzene rings is 3. The molecule has 0 aliphatic heterocycles. The van der Waals surface area contributed by atoms with Gasteiger partial charge in [0, 0.05) is 23.7 Å². The summed E-state index contributed by atoms with van der Waals surface area (Å²) >= 11 is 5.69. The lowest BCUT2D eigenvalue weighted by molar-refractivity contribution is 0.0819. The number of para-hydroxylation sites is 1. The molecule has 2 bridgehead atoms. The maximum absolute atomic E-state index is 12.2. The van der Waals surface area contributed by atoms with Gasteiger partial charge < -0.3 is 15.7 Å². The number of anilines is 1. The number of thiocarbonyl (C=S) groups is 1. The second-order valence-corrected chi connectivity index (χ2v) is 9.33. The Balaban J connectivity index is 1.44. The standard InChI is InChI=1S/C28H28N2OS/c31-28(23-11-5-2-6-12-23,19-20-9-3-1-4-10-20)24-13-7-8-14-25(24)29-27(32)30-26-18-21-15-16-22(26)17-21/h1-16,21-22,26,31H,17-19H2,(H2,29,30,32)/t21-,22-,26-,28-/m0/s1. The monoisotopic (exact) mass is 440 g/mol. The maximum Gasteiger partial charge on any atom is 0.171 e. The summed E-state index contributed by atoms with van der Waals surface area (Å²) in [5, 5.41) is 19.7. The Bertz CT molecular complexity index is 1110. The Morgan fingerprint density at radius 2 is 1.56 bits per heavy atom. The molecule has 5 rings (SSSR count). The lowest BCUT2D eigenvalue weighted by Gasteiger charge is -2.32. The zero-order valence-electron chi connectivity index (χ0n) is 17.9. The molecular weight excluding hydrogens is 412 g/mol. The van der Waals surface area contributed by atoms with Crippen molar-refractivity contribution in [1.29, 1.82) is 0 Å². The molecule has 4 atom stereocenters. The summed E-state index contributed by atoms with van der Waals surface area (Å²) in [5.41, 5.74) is 2.37. The first-order valence-electron chi connectivity index (χ1n) is 11.3. The van der Waals surface area contributed by atoms with Gasteiger partial charge in [-0.1, -0.05) is 91.0 Å². The van der Waals surface area contributed by atoms with E-state index >= 15 is 0 Å².